The van der Waals surface area contributed by atoms with Crippen LogP contribution >= 0.6 is 11.6 Å². The molecule has 0 saturated heterocycles. The summed E-state index contributed by atoms with van der Waals surface area (Å²) in [5.74, 6) is 0.704. The number of aryl methyl sites for hydroxylation is 1. The molecule has 0 unspecified atom stereocenters. The molecule has 0 amide bonds. The van der Waals surface area contributed by atoms with Crippen molar-refractivity contribution in [3.05, 3.63) is 70.9 Å². The van der Waals surface area contributed by atoms with Gasteiger partial charge >= 0.3 is 6.18 Å². The van der Waals surface area contributed by atoms with Crippen LogP contribution in [-0.4, -0.2) is 9.97 Å². The van der Waals surface area contributed by atoms with Crippen molar-refractivity contribution in [2.45, 2.75) is 13.1 Å². The van der Waals surface area contributed by atoms with Crippen molar-refractivity contribution in [1.29, 1.82) is 0 Å². The van der Waals surface area contributed by atoms with Gasteiger partial charge in [0.25, 0.3) is 0 Å². The van der Waals surface area contributed by atoms with Crippen molar-refractivity contribution in [3.63, 3.8) is 0 Å². The number of nitrogens with one attached hydrogen (secondary N) is 2. The largest absolute Gasteiger partial charge is 0.417 e. The van der Waals surface area contributed by atoms with Crippen LogP contribution in [0.25, 0.3) is 0 Å². The first-order valence-electron chi connectivity index (χ1n) is 7.63. The second-order valence-electron chi connectivity index (χ2n) is 5.53. The minimum absolute atomic E-state index is 0.227. The fourth-order valence-electron chi connectivity index (χ4n) is 2.31. The van der Waals surface area contributed by atoms with Crippen molar-refractivity contribution in [2.24, 2.45) is 0 Å². The lowest BCUT2D eigenvalue weighted by atomic mass is 10.2. The van der Waals surface area contributed by atoms with Crippen LogP contribution in [0.3, 0.4) is 0 Å². The van der Waals surface area contributed by atoms with Crippen molar-refractivity contribution in [3.8, 4) is 0 Å². The third-order valence-electron chi connectivity index (χ3n) is 3.43. The zero-order valence-corrected chi connectivity index (χ0v) is 14.4. The van der Waals surface area contributed by atoms with Crippen molar-refractivity contribution < 1.29 is 13.2 Å². The fraction of sp³-hybridized carbons (Fsp3) is 0.111. The maximum Gasteiger partial charge on any atom is 0.417 e. The summed E-state index contributed by atoms with van der Waals surface area (Å²) in [5.41, 5.74) is 0.781. The molecule has 0 saturated carbocycles. The number of para-hydroxylation sites is 1. The van der Waals surface area contributed by atoms with Crippen molar-refractivity contribution in [2.75, 3.05) is 10.6 Å². The van der Waals surface area contributed by atoms with Crippen LogP contribution < -0.4 is 10.6 Å². The van der Waals surface area contributed by atoms with Gasteiger partial charge in [-0.25, -0.2) is 4.98 Å². The average molecular weight is 379 g/mol. The molecule has 8 heteroatoms. The molecule has 1 heterocycles. The molecule has 3 aromatic rings. The Morgan fingerprint density at radius 1 is 0.885 bits per heavy atom. The number of alkyl halides is 3. The lowest BCUT2D eigenvalue weighted by Crippen LogP contribution is -2.07. The molecule has 4 nitrogen and oxygen atoms in total. The van der Waals surface area contributed by atoms with Crippen LogP contribution in [0.4, 0.5) is 36.3 Å². The van der Waals surface area contributed by atoms with E-state index in [1.165, 1.54) is 12.1 Å². The second kappa shape index (κ2) is 7.21. The summed E-state index contributed by atoms with van der Waals surface area (Å²) in [5, 5.41) is 5.56. The molecule has 2 N–H and O–H groups in total. The van der Waals surface area contributed by atoms with E-state index in [9.17, 15) is 13.2 Å². The Bertz CT molecular complexity index is 914. The number of nitrogens with zero attached hydrogens (tertiary/aromatic N) is 2. The number of rotatable bonds is 4. The zero-order valence-electron chi connectivity index (χ0n) is 13.6. The number of halogens is 4. The van der Waals surface area contributed by atoms with Crippen LogP contribution in [0.5, 0.6) is 0 Å². The number of aromatic nitrogens is 2. The molecule has 0 radical (unpaired) electrons. The van der Waals surface area contributed by atoms with Gasteiger partial charge in [-0.05, 0) is 37.3 Å². The van der Waals surface area contributed by atoms with Gasteiger partial charge in [0.2, 0.25) is 5.95 Å². The maximum atomic E-state index is 13.0. The first-order chi connectivity index (χ1) is 12.3. The first-order valence-corrected chi connectivity index (χ1v) is 8.00. The third-order valence-corrected chi connectivity index (χ3v) is 3.76. The van der Waals surface area contributed by atoms with Gasteiger partial charge in [0.05, 0.1) is 10.6 Å². The zero-order chi connectivity index (χ0) is 18.7. The Hall–Kier alpha value is -2.80. The van der Waals surface area contributed by atoms with Gasteiger partial charge in [-0.15, -0.1) is 0 Å². The highest BCUT2D eigenvalue weighted by Gasteiger charge is 2.33. The van der Waals surface area contributed by atoms with E-state index in [1.54, 1.807) is 13.0 Å². The van der Waals surface area contributed by atoms with Gasteiger partial charge < -0.3 is 10.6 Å². The van der Waals surface area contributed by atoms with Crippen LogP contribution in [-0.2, 0) is 6.18 Å². The molecular weight excluding hydrogens is 365 g/mol. The molecule has 0 spiro atoms. The molecule has 0 aliphatic rings. The van der Waals surface area contributed by atoms with Crippen LogP contribution in [0.2, 0.25) is 5.02 Å². The highest BCUT2D eigenvalue weighted by molar-refractivity contribution is 6.31. The molecule has 0 atom stereocenters. The van der Waals surface area contributed by atoms with Crippen LogP contribution in [0, 0.1) is 6.92 Å². The normalized spacial score (nSPS) is 11.3. The SMILES string of the molecule is Cc1cc(Nc2ccc(Cl)c(C(F)(F)F)c2)nc(Nc2ccccc2)n1. The second-order valence-corrected chi connectivity index (χ2v) is 5.93. The molecule has 2 aromatic carbocycles. The predicted molar refractivity (Wildman–Crippen MR) is 96.2 cm³/mol. The minimum atomic E-state index is -4.53. The smallest absolute Gasteiger partial charge is 0.340 e. The van der Waals surface area contributed by atoms with Crippen LogP contribution in [0.1, 0.15) is 11.3 Å². The Balaban J connectivity index is 1.86. The number of hydrogen-bond acceptors (Lipinski definition) is 4. The van der Waals surface area contributed by atoms with E-state index in [-0.39, 0.29) is 10.7 Å². The molecule has 0 fully saturated rings. The lowest BCUT2D eigenvalue weighted by Gasteiger charge is -2.13. The highest BCUT2D eigenvalue weighted by atomic mass is 35.5. The van der Waals surface area contributed by atoms with E-state index in [0.717, 1.165) is 11.8 Å². The average Bonchev–Trinajstić information content (AvgIpc) is 2.56. The Labute approximate surface area is 153 Å². The van der Waals surface area contributed by atoms with Crippen molar-refractivity contribution in [1.82, 2.24) is 9.97 Å². The number of benzene rings is 2. The van der Waals surface area contributed by atoms with E-state index >= 15 is 0 Å². The summed E-state index contributed by atoms with van der Waals surface area (Å²) in [4.78, 5) is 8.57. The third kappa shape index (κ3) is 4.43. The van der Waals surface area contributed by atoms with Crippen molar-refractivity contribution >= 4 is 34.7 Å². The fourth-order valence-corrected chi connectivity index (χ4v) is 2.53. The minimum Gasteiger partial charge on any atom is -0.340 e. The van der Waals surface area contributed by atoms with Gasteiger partial charge in [0, 0.05) is 23.1 Å². The molecule has 0 aliphatic heterocycles. The topological polar surface area (TPSA) is 49.8 Å². The molecule has 1 aromatic heterocycles. The highest BCUT2D eigenvalue weighted by Crippen LogP contribution is 2.36. The Morgan fingerprint density at radius 2 is 1.62 bits per heavy atom. The molecule has 134 valence electrons. The quantitative estimate of drug-likeness (QED) is 0.589. The Kier molecular flexibility index (Phi) is 4.99. The molecule has 0 aliphatic carbocycles. The van der Waals surface area contributed by atoms with Gasteiger partial charge in [0.15, 0.2) is 0 Å². The Morgan fingerprint density at radius 3 is 2.31 bits per heavy atom. The summed E-state index contributed by atoms with van der Waals surface area (Å²) in [6.07, 6.45) is -4.53. The standard InChI is InChI=1S/C18H14ClF3N4/c1-11-9-16(26-17(23-11)25-12-5-3-2-4-6-12)24-13-7-8-15(19)14(10-13)18(20,21)22/h2-10H,1H3,(H2,23,24,25,26). The summed E-state index contributed by atoms with van der Waals surface area (Å²) in [7, 11) is 0. The monoisotopic (exact) mass is 378 g/mol. The molecular formula is C18H14ClF3N4. The molecule has 0 bridgehead atoms. The van der Waals surface area contributed by atoms with Gasteiger partial charge in [-0.1, -0.05) is 29.8 Å². The molecule has 26 heavy (non-hydrogen) atoms. The number of anilines is 4. The molecule has 3 rings (SSSR count). The summed E-state index contributed by atoms with van der Waals surface area (Å²) in [6.45, 7) is 1.77. The van der Waals surface area contributed by atoms with Gasteiger partial charge in [-0.2, -0.15) is 18.2 Å². The predicted octanol–water partition coefficient (Wildman–Crippen LogP) is 5.94. The summed E-state index contributed by atoms with van der Waals surface area (Å²) < 4.78 is 39.0. The van der Waals surface area contributed by atoms with Gasteiger partial charge in [-0.3, -0.25) is 0 Å². The summed E-state index contributed by atoms with van der Waals surface area (Å²) >= 11 is 5.64. The maximum absolute atomic E-state index is 13.0. The van der Waals surface area contributed by atoms with Gasteiger partial charge in [0.1, 0.15) is 5.82 Å². The number of hydrogen-bond donors (Lipinski definition) is 2. The van der Waals surface area contributed by atoms with E-state index in [2.05, 4.69) is 20.6 Å². The summed E-state index contributed by atoms with van der Waals surface area (Å²) in [6, 6.07) is 14.6. The van der Waals surface area contributed by atoms with E-state index in [1.807, 2.05) is 30.3 Å². The van der Waals surface area contributed by atoms with E-state index < -0.39 is 11.7 Å². The lowest BCUT2D eigenvalue weighted by molar-refractivity contribution is -0.137. The van der Waals surface area contributed by atoms with E-state index in [0.29, 0.717) is 17.5 Å². The van der Waals surface area contributed by atoms with E-state index in [4.69, 9.17) is 11.6 Å². The van der Waals surface area contributed by atoms with Crippen LogP contribution in [0.15, 0.2) is 54.6 Å². The first kappa shape index (κ1) is 18.0.